The average Bonchev–Trinajstić information content (AvgIpc) is 3.21. The summed E-state index contributed by atoms with van der Waals surface area (Å²) in [7, 11) is 0. The number of hydrogen-bond acceptors (Lipinski definition) is 3. The molecule has 2 aromatic rings. The molecule has 5 nitrogen and oxygen atoms in total. The molecule has 2 saturated carbocycles. The highest BCUT2D eigenvalue weighted by Crippen LogP contribution is 2.47. The van der Waals surface area contributed by atoms with Gasteiger partial charge in [0.2, 0.25) is 0 Å². The van der Waals surface area contributed by atoms with Gasteiger partial charge in [0.1, 0.15) is 5.82 Å². The first-order valence-corrected chi connectivity index (χ1v) is 10.4. The predicted octanol–water partition coefficient (Wildman–Crippen LogP) is 3.47. The van der Waals surface area contributed by atoms with Crippen molar-refractivity contribution in [3.05, 3.63) is 36.4 Å². The fourth-order valence-corrected chi connectivity index (χ4v) is 5.56. The van der Waals surface area contributed by atoms with Crippen molar-refractivity contribution in [2.24, 2.45) is 11.8 Å². The van der Waals surface area contributed by atoms with E-state index in [0.29, 0.717) is 11.8 Å². The number of carbonyl (C=O) groups excluding carboxylic acids is 1. The number of para-hydroxylation sites is 1. The van der Waals surface area contributed by atoms with Crippen molar-refractivity contribution in [3.8, 4) is 0 Å². The Balaban J connectivity index is 1.19. The number of benzene rings is 1. The number of anilines is 1. The number of piperazine rings is 1. The third-order valence-corrected chi connectivity index (χ3v) is 7.27. The van der Waals surface area contributed by atoms with E-state index in [0.717, 1.165) is 55.7 Å². The van der Waals surface area contributed by atoms with Crippen LogP contribution in [0.5, 0.6) is 0 Å². The lowest BCUT2D eigenvalue weighted by atomic mass is 9.95. The van der Waals surface area contributed by atoms with E-state index in [1.165, 1.54) is 6.42 Å². The Labute approximate surface area is 164 Å². The molecule has 27 heavy (non-hydrogen) atoms. The first-order chi connectivity index (χ1) is 13.2. The molecule has 142 valence electrons. The van der Waals surface area contributed by atoms with Crippen LogP contribution in [0.3, 0.4) is 0 Å². The standard InChI is InChI=1S/C21H25ClN4O/c22-20-15-5-7-16(20)18(13-15)24-21(27)26-11-9-25(10-12-26)19-8-6-14-3-1-2-4-17(14)23-19/h1-4,6,8,15-16,18,20H,5,7,9-13H2,(H,24,27). The van der Waals surface area contributed by atoms with E-state index in [2.05, 4.69) is 28.4 Å². The van der Waals surface area contributed by atoms with Gasteiger partial charge in [0.05, 0.1) is 5.52 Å². The lowest BCUT2D eigenvalue weighted by Crippen LogP contribution is -2.54. The third-order valence-electron chi connectivity index (χ3n) is 6.59. The maximum atomic E-state index is 12.7. The van der Waals surface area contributed by atoms with Crippen molar-refractivity contribution in [1.29, 1.82) is 0 Å². The molecule has 4 unspecified atom stereocenters. The minimum atomic E-state index is 0.0718. The Morgan fingerprint density at radius 3 is 2.63 bits per heavy atom. The number of urea groups is 1. The Kier molecular flexibility index (Phi) is 4.35. The van der Waals surface area contributed by atoms with Gasteiger partial charge in [-0.2, -0.15) is 0 Å². The normalized spacial score (nSPS) is 30.1. The second-order valence-corrected chi connectivity index (χ2v) is 8.58. The summed E-state index contributed by atoms with van der Waals surface area (Å²) in [5.74, 6) is 2.05. The fourth-order valence-electron chi connectivity index (χ4n) is 5.03. The molecule has 5 rings (SSSR count). The topological polar surface area (TPSA) is 48.5 Å². The highest BCUT2D eigenvalue weighted by atomic mass is 35.5. The number of fused-ring (bicyclic) bond motifs is 3. The molecule has 3 fully saturated rings. The molecule has 2 heterocycles. The van der Waals surface area contributed by atoms with Gasteiger partial charge in [-0.25, -0.2) is 9.78 Å². The Morgan fingerprint density at radius 2 is 1.89 bits per heavy atom. The monoisotopic (exact) mass is 384 g/mol. The third kappa shape index (κ3) is 3.12. The molecule has 0 radical (unpaired) electrons. The number of hydrogen-bond donors (Lipinski definition) is 1. The minimum Gasteiger partial charge on any atom is -0.353 e. The zero-order valence-corrected chi connectivity index (χ0v) is 16.1. The molecular formula is C21H25ClN4O. The summed E-state index contributed by atoms with van der Waals surface area (Å²) in [6, 6.07) is 12.7. The van der Waals surface area contributed by atoms with Gasteiger partial charge in [-0.15, -0.1) is 11.6 Å². The number of aromatic nitrogens is 1. The minimum absolute atomic E-state index is 0.0718. The van der Waals surface area contributed by atoms with Gasteiger partial charge >= 0.3 is 6.03 Å². The molecule has 2 bridgehead atoms. The van der Waals surface area contributed by atoms with Crippen LogP contribution in [-0.4, -0.2) is 53.5 Å². The van der Waals surface area contributed by atoms with E-state index in [1.54, 1.807) is 0 Å². The van der Waals surface area contributed by atoms with E-state index < -0.39 is 0 Å². The second-order valence-electron chi connectivity index (χ2n) is 8.07. The van der Waals surface area contributed by atoms with Crippen LogP contribution in [0.1, 0.15) is 19.3 Å². The summed E-state index contributed by atoms with van der Waals surface area (Å²) < 4.78 is 0. The van der Waals surface area contributed by atoms with Crippen LogP contribution in [-0.2, 0) is 0 Å². The number of nitrogens with one attached hydrogen (secondary N) is 1. The summed E-state index contributed by atoms with van der Waals surface area (Å²) in [4.78, 5) is 21.7. The molecule has 1 N–H and O–H groups in total. The van der Waals surface area contributed by atoms with Gasteiger partial charge in [-0.1, -0.05) is 18.2 Å². The van der Waals surface area contributed by atoms with Crippen molar-refractivity contribution in [2.75, 3.05) is 31.1 Å². The van der Waals surface area contributed by atoms with Crippen LogP contribution in [0.4, 0.5) is 10.6 Å². The maximum Gasteiger partial charge on any atom is 0.317 e. The van der Waals surface area contributed by atoms with Crippen molar-refractivity contribution in [3.63, 3.8) is 0 Å². The number of alkyl halides is 1. The first-order valence-electron chi connectivity index (χ1n) is 9.99. The molecule has 1 aromatic heterocycles. The smallest absolute Gasteiger partial charge is 0.317 e. The zero-order chi connectivity index (χ0) is 18.4. The highest BCUT2D eigenvalue weighted by molar-refractivity contribution is 6.21. The van der Waals surface area contributed by atoms with Crippen LogP contribution in [0, 0.1) is 11.8 Å². The molecule has 4 atom stereocenters. The number of nitrogens with zero attached hydrogens (tertiary/aromatic N) is 3. The van der Waals surface area contributed by atoms with Crippen LogP contribution >= 0.6 is 11.6 Å². The van der Waals surface area contributed by atoms with E-state index >= 15 is 0 Å². The molecule has 0 spiro atoms. The Morgan fingerprint density at radius 1 is 1.07 bits per heavy atom. The van der Waals surface area contributed by atoms with Crippen molar-refractivity contribution < 1.29 is 4.79 Å². The van der Waals surface area contributed by atoms with E-state index in [-0.39, 0.29) is 17.5 Å². The van der Waals surface area contributed by atoms with E-state index in [1.807, 2.05) is 23.1 Å². The molecule has 1 aliphatic heterocycles. The maximum absolute atomic E-state index is 12.7. The van der Waals surface area contributed by atoms with Gasteiger partial charge in [-0.3, -0.25) is 0 Å². The van der Waals surface area contributed by atoms with Gasteiger partial charge in [0.15, 0.2) is 0 Å². The lowest BCUT2D eigenvalue weighted by Gasteiger charge is -2.36. The number of pyridine rings is 1. The fraction of sp³-hybridized carbons (Fsp3) is 0.524. The average molecular weight is 385 g/mol. The molecule has 6 heteroatoms. The zero-order valence-electron chi connectivity index (χ0n) is 15.4. The van der Waals surface area contributed by atoms with Crippen LogP contribution in [0.25, 0.3) is 10.9 Å². The van der Waals surface area contributed by atoms with Crippen LogP contribution in [0.2, 0.25) is 0 Å². The molecule has 2 amide bonds. The SMILES string of the molecule is O=C(NC1CC2CCC1C2Cl)N1CCN(c2ccc3ccccc3n2)CC1. The second kappa shape index (κ2) is 6.86. The quantitative estimate of drug-likeness (QED) is 0.806. The van der Waals surface area contributed by atoms with E-state index in [4.69, 9.17) is 16.6 Å². The summed E-state index contributed by atoms with van der Waals surface area (Å²) in [5.41, 5.74) is 1.02. The Bertz CT molecular complexity index is 851. The molecule has 2 aliphatic carbocycles. The molecule has 3 aliphatic rings. The highest BCUT2D eigenvalue weighted by Gasteiger charge is 2.47. The van der Waals surface area contributed by atoms with Crippen molar-refractivity contribution >= 4 is 34.4 Å². The molecule has 1 aromatic carbocycles. The summed E-state index contributed by atoms with van der Waals surface area (Å²) in [6.45, 7) is 3.08. The van der Waals surface area contributed by atoms with Crippen molar-refractivity contribution in [1.82, 2.24) is 15.2 Å². The number of amides is 2. The molecule has 1 saturated heterocycles. The number of rotatable bonds is 2. The van der Waals surface area contributed by atoms with Gasteiger partial charge in [0, 0.05) is 43.0 Å². The summed E-state index contributed by atoms with van der Waals surface area (Å²) in [6.07, 6.45) is 3.43. The van der Waals surface area contributed by atoms with Gasteiger partial charge in [0.25, 0.3) is 0 Å². The Hall–Kier alpha value is -2.01. The summed E-state index contributed by atoms with van der Waals surface area (Å²) in [5, 5.41) is 4.67. The predicted molar refractivity (Wildman–Crippen MR) is 108 cm³/mol. The molecular weight excluding hydrogens is 360 g/mol. The first kappa shape index (κ1) is 17.1. The van der Waals surface area contributed by atoms with E-state index in [9.17, 15) is 4.79 Å². The van der Waals surface area contributed by atoms with Crippen molar-refractivity contribution in [2.45, 2.75) is 30.7 Å². The number of halogens is 1. The summed E-state index contributed by atoms with van der Waals surface area (Å²) >= 11 is 6.49. The number of carbonyl (C=O) groups is 1. The lowest BCUT2D eigenvalue weighted by molar-refractivity contribution is 0.185. The van der Waals surface area contributed by atoms with Gasteiger partial charge < -0.3 is 15.1 Å². The van der Waals surface area contributed by atoms with Crippen LogP contribution < -0.4 is 10.2 Å². The van der Waals surface area contributed by atoms with Gasteiger partial charge in [-0.05, 0) is 49.3 Å². The largest absolute Gasteiger partial charge is 0.353 e. The van der Waals surface area contributed by atoms with Crippen LogP contribution in [0.15, 0.2) is 36.4 Å².